The SMILES string of the molecule is C#Cc1nc(C(N)=O)n(-c2ccc(C)cc2)c1C. The van der Waals surface area contributed by atoms with Gasteiger partial charge in [0, 0.05) is 5.69 Å². The van der Waals surface area contributed by atoms with Crippen LogP contribution in [0.2, 0.25) is 0 Å². The minimum Gasteiger partial charge on any atom is -0.363 e. The van der Waals surface area contributed by atoms with E-state index in [1.54, 1.807) is 4.57 Å². The predicted molar refractivity (Wildman–Crippen MR) is 69.5 cm³/mol. The van der Waals surface area contributed by atoms with Gasteiger partial charge in [-0.3, -0.25) is 9.36 Å². The van der Waals surface area contributed by atoms with Gasteiger partial charge in [0.1, 0.15) is 5.69 Å². The zero-order valence-corrected chi connectivity index (χ0v) is 10.3. The zero-order chi connectivity index (χ0) is 13.3. The summed E-state index contributed by atoms with van der Waals surface area (Å²) in [6.45, 7) is 3.81. The van der Waals surface area contributed by atoms with Crippen LogP contribution in [0.25, 0.3) is 5.69 Å². The lowest BCUT2D eigenvalue weighted by atomic mass is 10.2. The molecule has 1 aromatic carbocycles. The van der Waals surface area contributed by atoms with Crippen molar-refractivity contribution in [1.82, 2.24) is 9.55 Å². The molecule has 1 heterocycles. The van der Waals surface area contributed by atoms with Crippen molar-refractivity contribution in [3.05, 3.63) is 47.0 Å². The number of nitrogens with two attached hydrogens (primary N) is 1. The summed E-state index contributed by atoms with van der Waals surface area (Å²) in [5, 5.41) is 0. The highest BCUT2D eigenvalue weighted by Gasteiger charge is 2.17. The number of terminal acetylenes is 1. The lowest BCUT2D eigenvalue weighted by Gasteiger charge is -2.08. The van der Waals surface area contributed by atoms with Crippen LogP contribution < -0.4 is 5.73 Å². The maximum absolute atomic E-state index is 11.4. The molecular weight excluding hydrogens is 226 g/mol. The van der Waals surface area contributed by atoms with E-state index in [-0.39, 0.29) is 5.82 Å². The number of carbonyl (C=O) groups is 1. The Morgan fingerprint density at radius 3 is 2.44 bits per heavy atom. The number of rotatable bonds is 2. The van der Waals surface area contributed by atoms with E-state index in [4.69, 9.17) is 12.2 Å². The van der Waals surface area contributed by atoms with Gasteiger partial charge in [0.15, 0.2) is 0 Å². The third-order valence-electron chi connectivity index (χ3n) is 2.76. The van der Waals surface area contributed by atoms with Gasteiger partial charge in [-0.15, -0.1) is 6.42 Å². The first-order valence-corrected chi connectivity index (χ1v) is 5.47. The van der Waals surface area contributed by atoms with Crippen molar-refractivity contribution >= 4 is 5.91 Å². The maximum atomic E-state index is 11.4. The summed E-state index contributed by atoms with van der Waals surface area (Å²) in [6.07, 6.45) is 5.36. The fourth-order valence-electron chi connectivity index (χ4n) is 1.81. The number of hydrogen-bond acceptors (Lipinski definition) is 2. The van der Waals surface area contributed by atoms with Crippen molar-refractivity contribution in [2.24, 2.45) is 5.73 Å². The van der Waals surface area contributed by atoms with Gasteiger partial charge in [0.2, 0.25) is 5.82 Å². The molecule has 0 aliphatic heterocycles. The Morgan fingerprint density at radius 1 is 1.33 bits per heavy atom. The molecule has 0 saturated carbocycles. The average Bonchev–Trinajstić information content (AvgIpc) is 2.68. The minimum atomic E-state index is -0.597. The molecule has 90 valence electrons. The zero-order valence-electron chi connectivity index (χ0n) is 10.3. The molecule has 0 aliphatic carbocycles. The van der Waals surface area contributed by atoms with Gasteiger partial charge in [0.25, 0.3) is 5.91 Å². The molecule has 1 amide bonds. The number of benzene rings is 1. The van der Waals surface area contributed by atoms with Crippen LogP contribution in [-0.4, -0.2) is 15.5 Å². The number of primary amides is 1. The summed E-state index contributed by atoms with van der Waals surface area (Å²) in [4.78, 5) is 15.5. The Hall–Kier alpha value is -2.54. The monoisotopic (exact) mass is 239 g/mol. The fraction of sp³-hybridized carbons (Fsp3) is 0.143. The molecule has 0 spiro atoms. The summed E-state index contributed by atoms with van der Waals surface area (Å²) < 4.78 is 1.68. The lowest BCUT2D eigenvalue weighted by molar-refractivity contribution is 0.0988. The molecule has 0 fully saturated rings. The lowest BCUT2D eigenvalue weighted by Crippen LogP contribution is -2.17. The van der Waals surface area contributed by atoms with Crippen molar-refractivity contribution in [3.63, 3.8) is 0 Å². The molecule has 4 nitrogen and oxygen atoms in total. The van der Waals surface area contributed by atoms with E-state index >= 15 is 0 Å². The average molecular weight is 239 g/mol. The van der Waals surface area contributed by atoms with E-state index in [1.807, 2.05) is 38.1 Å². The number of carbonyl (C=O) groups excluding carboxylic acids is 1. The van der Waals surface area contributed by atoms with Gasteiger partial charge in [-0.25, -0.2) is 4.98 Å². The van der Waals surface area contributed by atoms with Crippen molar-refractivity contribution in [2.75, 3.05) is 0 Å². The largest absolute Gasteiger partial charge is 0.363 e. The van der Waals surface area contributed by atoms with Crippen LogP contribution in [0.15, 0.2) is 24.3 Å². The molecule has 0 saturated heterocycles. The maximum Gasteiger partial charge on any atom is 0.285 e. The van der Waals surface area contributed by atoms with Crippen molar-refractivity contribution in [2.45, 2.75) is 13.8 Å². The van der Waals surface area contributed by atoms with Gasteiger partial charge < -0.3 is 5.73 Å². The normalized spacial score (nSPS) is 10.1. The highest BCUT2D eigenvalue weighted by molar-refractivity contribution is 5.90. The quantitative estimate of drug-likeness (QED) is 0.808. The molecular formula is C14H13N3O. The molecule has 0 atom stereocenters. The van der Waals surface area contributed by atoms with Gasteiger partial charge in [-0.2, -0.15) is 0 Å². The smallest absolute Gasteiger partial charge is 0.285 e. The van der Waals surface area contributed by atoms with E-state index in [1.165, 1.54) is 0 Å². The second kappa shape index (κ2) is 4.38. The predicted octanol–water partition coefficient (Wildman–Crippen LogP) is 1.57. The molecule has 2 N–H and O–H groups in total. The molecule has 0 radical (unpaired) electrons. The van der Waals surface area contributed by atoms with E-state index in [0.717, 1.165) is 16.9 Å². The molecule has 0 unspecified atom stereocenters. The number of aromatic nitrogens is 2. The Kier molecular flexibility index (Phi) is 2.90. The van der Waals surface area contributed by atoms with Gasteiger partial charge in [0.05, 0.1) is 5.69 Å². The Bertz CT molecular complexity index is 645. The second-order valence-corrected chi connectivity index (χ2v) is 4.05. The van der Waals surface area contributed by atoms with Crippen LogP contribution in [0.3, 0.4) is 0 Å². The molecule has 0 bridgehead atoms. The van der Waals surface area contributed by atoms with Crippen molar-refractivity contribution < 1.29 is 4.79 Å². The van der Waals surface area contributed by atoms with E-state index in [9.17, 15) is 4.79 Å². The van der Waals surface area contributed by atoms with Gasteiger partial charge in [-0.1, -0.05) is 17.7 Å². The minimum absolute atomic E-state index is 0.157. The van der Waals surface area contributed by atoms with E-state index in [2.05, 4.69) is 10.9 Å². The van der Waals surface area contributed by atoms with Crippen LogP contribution in [0.1, 0.15) is 27.6 Å². The summed E-state index contributed by atoms with van der Waals surface area (Å²) in [5.41, 5.74) is 8.45. The summed E-state index contributed by atoms with van der Waals surface area (Å²) in [6, 6.07) is 7.71. The van der Waals surface area contributed by atoms with E-state index in [0.29, 0.717) is 5.69 Å². The number of hydrogen-bond donors (Lipinski definition) is 1. The molecule has 1 aromatic heterocycles. The number of aryl methyl sites for hydroxylation is 1. The third kappa shape index (κ3) is 1.87. The Labute approximate surface area is 105 Å². The van der Waals surface area contributed by atoms with Crippen molar-refractivity contribution in [3.8, 4) is 18.0 Å². The highest BCUT2D eigenvalue weighted by Crippen LogP contribution is 2.18. The first-order valence-electron chi connectivity index (χ1n) is 5.47. The molecule has 2 rings (SSSR count). The first kappa shape index (κ1) is 11.9. The van der Waals surface area contributed by atoms with Gasteiger partial charge >= 0.3 is 0 Å². The highest BCUT2D eigenvalue weighted by atomic mass is 16.1. The summed E-state index contributed by atoms with van der Waals surface area (Å²) in [7, 11) is 0. The van der Waals surface area contributed by atoms with Crippen LogP contribution in [0.5, 0.6) is 0 Å². The Balaban J connectivity index is 2.70. The molecule has 2 aromatic rings. The molecule has 18 heavy (non-hydrogen) atoms. The van der Waals surface area contributed by atoms with Crippen LogP contribution in [0, 0.1) is 26.2 Å². The summed E-state index contributed by atoms with van der Waals surface area (Å²) in [5.74, 6) is 2.01. The van der Waals surface area contributed by atoms with Crippen LogP contribution in [-0.2, 0) is 0 Å². The van der Waals surface area contributed by atoms with E-state index < -0.39 is 5.91 Å². The van der Waals surface area contributed by atoms with Crippen molar-refractivity contribution in [1.29, 1.82) is 0 Å². The third-order valence-corrected chi connectivity index (χ3v) is 2.76. The van der Waals surface area contributed by atoms with Gasteiger partial charge in [-0.05, 0) is 31.9 Å². The molecule has 0 aliphatic rings. The second-order valence-electron chi connectivity index (χ2n) is 4.05. The summed E-state index contributed by atoms with van der Waals surface area (Å²) >= 11 is 0. The number of nitrogens with zero attached hydrogens (tertiary/aromatic N) is 2. The number of imidazole rings is 1. The first-order chi connectivity index (χ1) is 8.54. The fourth-order valence-corrected chi connectivity index (χ4v) is 1.81. The van der Waals surface area contributed by atoms with Crippen LogP contribution >= 0.6 is 0 Å². The molecule has 4 heteroatoms. The topological polar surface area (TPSA) is 60.9 Å². The Morgan fingerprint density at radius 2 is 1.94 bits per heavy atom. The standard InChI is InChI=1S/C14H13N3O/c1-4-12-10(3)17(14(16-12)13(15)18)11-7-5-9(2)6-8-11/h1,5-8H,2-3H3,(H2,15,18). The number of amides is 1. The van der Waals surface area contributed by atoms with Crippen LogP contribution in [0.4, 0.5) is 0 Å².